The summed E-state index contributed by atoms with van der Waals surface area (Å²) in [5.41, 5.74) is -0.635. The highest BCUT2D eigenvalue weighted by Crippen LogP contribution is 2.36. The van der Waals surface area contributed by atoms with Crippen LogP contribution < -0.4 is 9.46 Å². The van der Waals surface area contributed by atoms with Gasteiger partial charge in [0.05, 0.1) is 6.61 Å². The van der Waals surface area contributed by atoms with Gasteiger partial charge < -0.3 is 9.84 Å². The molecule has 2 aromatic rings. The first-order valence-electron chi connectivity index (χ1n) is 6.49. The van der Waals surface area contributed by atoms with E-state index in [2.05, 4.69) is 4.72 Å². The highest BCUT2D eigenvalue weighted by Gasteiger charge is 2.36. The number of para-hydroxylation sites is 1. The van der Waals surface area contributed by atoms with Gasteiger partial charge in [0.2, 0.25) is 10.0 Å². The molecule has 0 unspecified atom stereocenters. The smallest absolute Gasteiger partial charge is 0.250 e. The van der Waals surface area contributed by atoms with E-state index in [0.29, 0.717) is 24.3 Å². The summed E-state index contributed by atoms with van der Waals surface area (Å²) in [6.07, 6.45) is 0.344. The van der Waals surface area contributed by atoms with Crippen molar-refractivity contribution in [3.63, 3.8) is 0 Å². The zero-order valence-corrected chi connectivity index (χ0v) is 12.8. The summed E-state index contributed by atoms with van der Waals surface area (Å²) in [5.74, 6) is 0.599. The second-order valence-corrected chi connectivity index (χ2v) is 7.82. The van der Waals surface area contributed by atoms with Crippen LogP contribution in [0.2, 0.25) is 0 Å². The molecule has 0 spiro atoms. The Balaban J connectivity index is 1.83. The molecule has 2 N–H and O–H groups in total. The van der Waals surface area contributed by atoms with Crippen LogP contribution in [0.3, 0.4) is 0 Å². The fraction of sp³-hybridized carbons (Fsp3) is 0.286. The Morgan fingerprint density at radius 2 is 2.10 bits per heavy atom. The van der Waals surface area contributed by atoms with E-state index in [1.54, 1.807) is 29.6 Å². The molecule has 0 saturated carbocycles. The first-order valence-corrected chi connectivity index (χ1v) is 8.85. The van der Waals surface area contributed by atoms with Gasteiger partial charge in [0.15, 0.2) is 0 Å². The summed E-state index contributed by atoms with van der Waals surface area (Å²) >= 11 is 1.14. The van der Waals surface area contributed by atoms with Crippen molar-refractivity contribution in [1.29, 1.82) is 0 Å². The minimum atomic E-state index is -3.59. The zero-order chi connectivity index (χ0) is 14.9. The van der Waals surface area contributed by atoms with Crippen LogP contribution >= 0.6 is 11.3 Å². The molecule has 3 rings (SSSR count). The van der Waals surface area contributed by atoms with Crippen LogP contribution in [0.15, 0.2) is 46.0 Å². The fourth-order valence-corrected chi connectivity index (χ4v) is 4.45. The van der Waals surface area contributed by atoms with Crippen LogP contribution in [-0.2, 0) is 15.6 Å². The Bertz CT molecular complexity index is 727. The van der Waals surface area contributed by atoms with Crippen LogP contribution in [-0.4, -0.2) is 26.7 Å². The second kappa shape index (κ2) is 5.42. The highest BCUT2D eigenvalue weighted by molar-refractivity contribution is 7.91. The Hall–Kier alpha value is -1.41. The SMILES string of the molecule is O=S(=O)(NC[C@]1(O)CCOc2ccccc21)c1cccs1. The van der Waals surface area contributed by atoms with Gasteiger partial charge in [-0.05, 0) is 17.5 Å². The predicted octanol–water partition coefficient (Wildman–Crippen LogP) is 1.70. The highest BCUT2D eigenvalue weighted by atomic mass is 32.2. The van der Waals surface area contributed by atoms with Crippen molar-refractivity contribution in [3.05, 3.63) is 47.3 Å². The summed E-state index contributed by atoms with van der Waals surface area (Å²) in [7, 11) is -3.59. The monoisotopic (exact) mass is 325 g/mol. The second-order valence-electron chi connectivity index (χ2n) is 4.88. The summed E-state index contributed by atoms with van der Waals surface area (Å²) in [6, 6.07) is 10.4. The molecule has 21 heavy (non-hydrogen) atoms. The summed E-state index contributed by atoms with van der Waals surface area (Å²) < 4.78 is 32.5. The van der Waals surface area contributed by atoms with Crippen LogP contribution in [0.25, 0.3) is 0 Å². The summed E-state index contributed by atoms with van der Waals surface area (Å²) in [5, 5.41) is 12.5. The number of hydrogen-bond donors (Lipinski definition) is 2. The number of rotatable bonds is 4. The molecule has 1 aromatic heterocycles. The number of fused-ring (bicyclic) bond motifs is 1. The quantitative estimate of drug-likeness (QED) is 0.897. The number of thiophene rings is 1. The van der Waals surface area contributed by atoms with Crippen molar-refractivity contribution in [2.75, 3.05) is 13.2 Å². The van der Waals surface area contributed by atoms with Crippen molar-refractivity contribution >= 4 is 21.4 Å². The topological polar surface area (TPSA) is 75.6 Å². The third-order valence-electron chi connectivity index (χ3n) is 3.48. The number of sulfonamides is 1. The first-order chi connectivity index (χ1) is 10.0. The molecule has 1 atom stereocenters. The van der Waals surface area contributed by atoms with Gasteiger partial charge in [-0.15, -0.1) is 11.3 Å². The van der Waals surface area contributed by atoms with E-state index in [0.717, 1.165) is 11.3 Å². The molecule has 0 bridgehead atoms. The molecule has 1 aliphatic heterocycles. The van der Waals surface area contributed by atoms with Crippen LogP contribution in [0, 0.1) is 0 Å². The van der Waals surface area contributed by atoms with E-state index >= 15 is 0 Å². The Kier molecular flexibility index (Phi) is 3.75. The van der Waals surface area contributed by atoms with Gasteiger partial charge in [-0.1, -0.05) is 24.3 Å². The largest absolute Gasteiger partial charge is 0.493 e. The average molecular weight is 325 g/mol. The van der Waals surface area contributed by atoms with Gasteiger partial charge in [0.1, 0.15) is 15.6 Å². The maximum Gasteiger partial charge on any atom is 0.250 e. The third-order valence-corrected chi connectivity index (χ3v) is 6.27. The van der Waals surface area contributed by atoms with E-state index in [1.807, 2.05) is 6.07 Å². The van der Waals surface area contributed by atoms with Crippen LogP contribution in [0.1, 0.15) is 12.0 Å². The molecule has 0 saturated heterocycles. The Morgan fingerprint density at radius 1 is 1.29 bits per heavy atom. The first kappa shape index (κ1) is 14.5. The van der Waals surface area contributed by atoms with E-state index in [1.165, 1.54) is 6.07 Å². The lowest BCUT2D eigenvalue weighted by Gasteiger charge is -2.34. The molecular formula is C14H15NO4S2. The number of hydrogen-bond acceptors (Lipinski definition) is 5. The van der Waals surface area contributed by atoms with Crippen molar-refractivity contribution in [3.8, 4) is 5.75 Å². The van der Waals surface area contributed by atoms with E-state index in [9.17, 15) is 13.5 Å². The molecule has 1 aliphatic rings. The average Bonchev–Trinajstić information content (AvgIpc) is 3.01. The minimum absolute atomic E-state index is 0.0758. The lowest BCUT2D eigenvalue weighted by Crippen LogP contribution is -2.43. The molecule has 112 valence electrons. The number of nitrogens with one attached hydrogen (secondary N) is 1. The van der Waals surface area contributed by atoms with E-state index in [4.69, 9.17) is 4.74 Å². The van der Waals surface area contributed by atoms with Gasteiger partial charge in [-0.25, -0.2) is 13.1 Å². The number of benzene rings is 1. The van der Waals surface area contributed by atoms with Gasteiger partial charge in [-0.2, -0.15) is 0 Å². The van der Waals surface area contributed by atoms with Crippen molar-refractivity contribution in [2.45, 2.75) is 16.2 Å². The van der Waals surface area contributed by atoms with Crippen LogP contribution in [0.5, 0.6) is 5.75 Å². The van der Waals surface area contributed by atoms with Crippen LogP contribution in [0.4, 0.5) is 0 Å². The Labute approximate surface area is 127 Å². The van der Waals surface area contributed by atoms with Crippen molar-refractivity contribution < 1.29 is 18.3 Å². The van der Waals surface area contributed by atoms with Gasteiger partial charge in [0, 0.05) is 18.5 Å². The maximum atomic E-state index is 12.1. The molecule has 2 heterocycles. The van der Waals surface area contributed by atoms with Crippen molar-refractivity contribution in [2.24, 2.45) is 0 Å². The molecule has 7 heteroatoms. The number of ether oxygens (including phenoxy) is 1. The van der Waals surface area contributed by atoms with E-state index < -0.39 is 15.6 Å². The predicted molar refractivity (Wildman–Crippen MR) is 80.0 cm³/mol. The molecule has 1 aromatic carbocycles. The summed E-state index contributed by atoms with van der Waals surface area (Å²) in [4.78, 5) is 0. The van der Waals surface area contributed by atoms with Crippen molar-refractivity contribution in [1.82, 2.24) is 4.72 Å². The normalized spacial score (nSPS) is 21.6. The molecule has 5 nitrogen and oxygen atoms in total. The molecule has 0 amide bonds. The summed E-state index contributed by atoms with van der Waals surface area (Å²) in [6.45, 7) is 0.280. The Morgan fingerprint density at radius 3 is 2.86 bits per heavy atom. The lowest BCUT2D eigenvalue weighted by atomic mass is 9.88. The fourth-order valence-electron chi connectivity index (χ4n) is 2.33. The molecule has 0 fully saturated rings. The van der Waals surface area contributed by atoms with E-state index in [-0.39, 0.29) is 10.8 Å². The lowest BCUT2D eigenvalue weighted by molar-refractivity contribution is 0.00220. The molecule has 0 radical (unpaired) electrons. The minimum Gasteiger partial charge on any atom is -0.493 e. The van der Waals surface area contributed by atoms with Gasteiger partial charge in [-0.3, -0.25) is 0 Å². The van der Waals surface area contributed by atoms with Gasteiger partial charge >= 0.3 is 0 Å². The molecule has 0 aliphatic carbocycles. The maximum absolute atomic E-state index is 12.1. The van der Waals surface area contributed by atoms with Gasteiger partial charge in [0.25, 0.3) is 0 Å². The standard InChI is InChI=1S/C14H15NO4S2/c16-14(7-8-19-12-5-2-1-4-11(12)14)10-15-21(17,18)13-6-3-9-20-13/h1-6,9,15-16H,7-8,10H2/t14-/m1/s1. The number of aliphatic hydroxyl groups is 1. The molecular weight excluding hydrogens is 310 g/mol. The zero-order valence-electron chi connectivity index (χ0n) is 11.2. The third kappa shape index (κ3) is 2.82.